The van der Waals surface area contributed by atoms with Gasteiger partial charge in [-0.05, 0) is 51.4 Å². The van der Waals surface area contributed by atoms with Crippen LogP contribution in [-0.2, 0) is 9.53 Å². The van der Waals surface area contributed by atoms with Gasteiger partial charge in [0.15, 0.2) is 5.82 Å². The lowest BCUT2D eigenvalue weighted by Crippen LogP contribution is -2.39. The van der Waals surface area contributed by atoms with Crippen LogP contribution in [0.3, 0.4) is 0 Å². The normalized spacial score (nSPS) is 26.4. The molecule has 120 valence electrons. The van der Waals surface area contributed by atoms with Gasteiger partial charge in [0.05, 0.1) is 12.6 Å². The van der Waals surface area contributed by atoms with Crippen molar-refractivity contribution < 1.29 is 14.1 Å². The molecule has 6 nitrogen and oxygen atoms in total. The number of likely N-dealkylation sites (tertiary alicyclic amines) is 1. The minimum atomic E-state index is -0.379. The summed E-state index contributed by atoms with van der Waals surface area (Å²) in [6.45, 7) is 3.32. The summed E-state index contributed by atoms with van der Waals surface area (Å²) in [5, 5.41) is 4.11. The highest BCUT2D eigenvalue weighted by atomic mass is 16.5. The van der Waals surface area contributed by atoms with Gasteiger partial charge < -0.3 is 14.2 Å². The number of rotatable bonds is 6. The molecule has 6 heteroatoms. The number of hydrogen-bond donors (Lipinski definition) is 0. The van der Waals surface area contributed by atoms with Crippen LogP contribution < -0.4 is 0 Å². The second-order valence-corrected chi connectivity index (χ2v) is 6.87. The van der Waals surface area contributed by atoms with E-state index in [9.17, 15) is 4.79 Å². The number of amides is 1. The van der Waals surface area contributed by atoms with Gasteiger partial charge in [0.1, 0.15) is 6.10 Å². The summed E-state index contributed by atoms with van der Waals surface area (Å²) in [6.07, 6.45) is 6.27. The molecule has 0 spiro atoms. The van der Waals surface area contributed by atoms with E-state index in [1.165, 1.54) is 12.8 Å². The zero-order valence-electron chi connectivity index (χ0n) is 13.0. The standard InChI is InChI=1S/C16H23N3O3/c1-10(21-9-11-4-5-11)16(20)19-8-2-3-13(19)14-17-15(22-18-14)12-6-7-12/h10-13H,2-9H2,1H3. The highest BCUT2D eigenvalue weighted by Crippen LogP contribution is 2.40. The molecule has 2 heterocycles. The third kappa shape index (κ3) is 2.89. The van der Waals surface area contributed by atoms with Crippen molar-refractivity contribution in [1.29, 1.82) is 0 Å². The predicted molar refractivity (Wildman–Crippen MR) is 78.1 cm³/mol. The molecule has 1 saturated heterocycles. The van der Waals surface area contributed by atoms with Crippen LogP contribution in [0, 0.1) is 5.92 Å². The van der Waals surface area contributed by atoms with E-state index in [1.807, 2.05) is 11.8 Å². The van der Waals surface area contributed by atoms with Crippen LogP contribution in [-0.4, -0.2) is 40.2 Å². The highest BCUT2D eigenvalue weighted by Gasteiger charge is 2.37. The van der Waals surface area contributed by atoms with E-state index in [1.54, 1.807) is 0 Å². The molecule has 0 radical (unpaired) electrons. The molecule has 1 aliphatic heterocycles. The zero-order chi connectivity index (χ0) is 15.1. The second kappa shape index (κ2) is 5.65. The smallest absolute Gasteiger partial charge is 0.252 e. The maximum absolute atomic E-state index is 12.6. The highest BCUT2D eigenvalue weighted by molar-refractivity contribution is 5.81. The first-order chi connectivity index (χ1) is 10.7. The Balaban J connectivity index is 1.41. The molecule has 1 aromatic heterocycles. The third-order valence-corrected chi connectivity index (χ3v) is 4.84. The van der Waals surface area contributed by atoms with Gasteiger partial charge in [-0.1, -0.05) is 5.16 Å². The fourth-order valence-electron chi connectivity index (χ4n) is 3.05. The summed E-state index contributed by atoms with van der Waals surface area (Å²) >= 11 is 0. The molecular weight excluding hydrogens is 282 g/mol. The SMILES string of the molecule is CC(OCC1CC1)C(=O)N1CCCC1c1noc(C2CC2)n1. The van der Waals surface area contributed by atoms with Crippen molar-refractivity contribution in [2.75, 3.05) is 13.2 Å². The van der Waals surface area contributed by atoms with Crippen molar-refractivity contribution in [2.45, 2.75) is 63.5 Å². The van der Waals surface area contributed by atoms with Crippen LogP contribution in [0.5, 0.6) is 0 Å². The Kier molecular flexibility index (Phi) is 3.64. The van der Waals surface area contributed by atoms with E-state index in [0.717, 1.165) is 38.1 Å². The van der Waals surface area contributed by atoms with Gasteiger partial charge >= 0.3 is 0 Å². The molecule has 2 atom stereocenters. The molecule has 1 aromatic rings. The Hall–Kier alpha value is -1.43. The molecule has 2 unspecified atom stereocenters. The lowest BCUT2D eigenvalue weighted by molar-refractivity contribution is -0.144. The van der Waals surface area contributed by atoms with Crippen LogP contribution in [0.15, 0.2) is 4.52 Å². The molecule has 1 amide bonds. The van der Waals surface area contributed by atoms with Gasteiger partial charge in [-0.15, -0.1) is 0 Å². The molecule has 0 bridgehead atoms. The summed E-state index contributed by atoms with van der Waals surface area (Å²) in [6, 6.07) is -0.0456. The van der Waals surface area contributed by atoms with Gasteiger partial charge in [-0.2, -0.15) is 4.98 Å². The molecule has 3 aliphatic rings. The van der Waals surface area contributed by atoms with Crippen LogP contribution >= 0.6 is 0 Å². The predicted octanol–water partition coefficient (Wildman–Crippen LogP) is 2.43. The summed E-state index contributed by atoms with van der Waals surface area (Å²) in [7, 11) is 0. The van der Waals surface area contributed by atoms with Crippen molar-refractivity contribution in [3.63, 3.8) is 0 Å². The molecule has 3 fully saturated rings. The first-order valence-electron chi connectivity index (χ1n) is 8.48. The van der Waals surface area contributed by atoms with Crippen molar-refractivity contribution >= 4 is 5.91 Å². The third-order valence-electron chi connectivity index (χ3n) is 4.84. The Morgan fingerprint density at radius 1 is 1.36 bits per heavy atom. The fourth-order valence-corrected chi connectivity index (χ4v) is 3.05. The summed E-state index contributed by atoms with van der Waals surface area (Å²) < 4.78 is 11.1. The van der Waals surface area contributed by atoms with E-state index >= 15 is 0 Å². The molecule has 0 aromatic carbocycles. The van der Waals surface area contributed by atoms with E-state index in [4.69, 9.17) is 9.26 Å². The fraction of sp³-hybridized carbons (Fsp3) is 0.812. The summed E-state index contributed by atoms with van der Waals surface area (Å²) in [4.78, 5) is 19.0. The molecule has 2 saturated carbocycles. The van der Waals surface area contributed by atoms with Gasteiger partial charge in [-0.3, -0.25) is 4.79 Å². The van der Waals surface area contributed by atoms with Gasteiger partial charge in [0, 0.05) is 12.5 Å². The quantitative estimate of drug-likeness (QED) is 0.807. The first-order valence-corrected chi connectivity index (χ1v) is 8.48. The molecule has 4 rings (SSSR count). The van der Waals surface area contributed by atoms with E-state index < -0.39 is 0 Å². The van der Waals surface area contributed by atoms with E-state index in [2.05, 4.69) is 10.1 Å². The van der Waals surface area contributed by atoms with E-state index in [0.29, 0.717) is 24.3 Å². The number of aromatic nitrogens is 2. The van der Waals surface area contributed by atoms with Crippen LogP contribution in [0.1, 0.15) is 69.1 Å². The Morgan fingerprint density at radius 3 is 2.91 bits per heavy atom. The summed E-state index contributed by atoms with van der Waals surface area (Å²) in [5.74, 6) is 2.59. The number of carbonyl (C=O) groups is 1. The number of nitrogens with zero attached hydrogens (tertiary/aromatic N) is 3. The van der Waals surface area contributed by atoms with Crippen molar-refractivity contribution in [3.8, 4) is 0 Å². The summed E-state index contributed by atoms with van der Waals surface area (Å²) in [5.41, 5.74) is 0. The first kappa shape index (κ1) is 14.2. The van der Waals surface area contributed by atoms with Crippen LogP contribution in [0.25, 0.3) is 0 Å². The topological polar surface area (TPSA) is 68.5 Å². The van der Waals surface area contributed by atoms with Gasteiger partial charge in [0.25, 0.3) is 5.91 Å². The molecule has 22 heavy (non-hydrogen) atoms. The minimum absolute atomic E-state index is 0.0456. The van der Waals surface area contributed by atoms with Crippen LogP contribution in [0.2, 0.25) is 0 Å². The second-order valence-electron chi connectivity index (χ2n) is 6.87. The largest absolute Gasteiger partial charge is 0.368 e. The molecule has 2 aliphatic carbocycles. The molecular formula is C16H23N3O3. The minimum Gasteiger partial charge on any atom is -0.368 e. The lowest BCUT2D eigenvalue weighted by atomic mass is 10.2. The Labute approximate surface area is 130 Å². The van der Waals surface area contributed by atoms with Crippen molar-refractivity contribution in [2.24, 2.45) is 5.92 Å². The number of ether oxygens (including phenoxy) is 1. The van der Waals surface area contributed by atoms with Gasteiger partial charge in [-0.25, -0.2) is 0 Å². The van der Waals surface area contributed by atoms with Gasteiger partial charge in [0.2, 0.25) is 5.89 Å². The lowest BCUT2D eigenvalue weighted by Gasteiger charge is -2.25. The van der Waals surface area contributed by atoms with Crippen molar-refractivity contribution in [3.05, 3.63) is 11.7 Å². The zero-order valence-corrected chi connectivity index (χ0v) is 13.0. The Bertz CT molecular complexity index is 551. The van der Waals surface area contributed by atoms with Crippen molar-refractivity contribution in [1.82, 2.24) is 15.0 Å². The monoisotopic (exact) mass is 305 g/mol. The maximum Gasteiger partial charge on any atom is 0.252 e. The maximum atomic E-state index is 12.6. The average Bonchev–Trinajstić information content (AvgIpc) is 3.44. The van der Waals surface area contributed by atoms with E-state index in [-0.39, 0.29) is 18.1 Å². The Morgan fingerprint density at radius 2 is 2.18 bits per heavy atom. The average molecular weight is 305 g/mol. The number of hydrogen-bond acceptors (Lipinski definition) is 5. The molecule has 0 N–H and O–H groups in total. The number of carbonyl (C=O) groups excluding carboxylic acids is 1. The van der Waals surface area contributed by atoms with Crippen LogP contribution in [0.4, 0.5) is 0 Å².